The van der Waals surface area contributed by atoms with Crippen LogP contribution in [-0.4, -0.2) is 47.2 Å². The fourth-order valence-corrected chi connectivity index (χ4v) is 2.01. The maximum atomic E-state index is 11.7. The van der Waals surface area contributed by atoms with E-state index < -0.39 is 5.60 Å². The summed E-state index contributed by atoms with van der Waals surface area (Å²) in [6, 6.07) is 0. The third-order valence-corrected chi connectivity index (χ3v) is 3.12. The van der Waals surface area contributed by atoms with Gasteiger partial charge < -0.3 is 15.3 Å². The Bertz CT molecular complexity index is 250. The predicted molar refractivity (Wildman–Crippen MR) is 64.2 cm³/mol. The summed E-state index contributed by atoms with van der Waals surface area (Å²) in [6.45, 7) is 7.42. The standard InChI is InChI=1S/C12H24N2O2/c1-11(2,16)9-10(15)13-12(3)5-7-14(4)8-6-12/h16H,5-9H2,1-4H3,(H,13,15). The van der Waals surface area contributed by atoms with Gasteiger partial charge in [0.2, 0.25) is 5.91 Å². The van der Waals surface area contributed by atoms with Gasteiger partial charge in [0.05, 0.1) is 12.0 Å². The quantitative estimate of drug-likeness (QED) is 0.749. The average molecular weight is 228 g/mol. The van der Waals surface area contributed by atoms with Crippen molar-refractivity contribution in [3.05, 3.63) is 0 Å². The predicted octanol–water partition coefficient (Wildman–Crippen LogP) is 0.748. The molecule has 4 nitrogen and oxygen atoms in total. The molecule has 0 radical (unpaired) electrons. The van der Waals surface area contributed by atoms with E-state index in [1.807, 2.05) is 0 Å². The number of hydrogen-bond acceptors (Lipinski definition) is 3. The molecule has 1 amide bonds. The zero-order chi connectivity index (χ0) is 12.4. The van der Waals surface area contributed by atoms with Crippen LogP contribution in [0.2, 0.25) is 0 Å². The molecule has 94 valence electrons. The zero-order valence-corrected chi connectivity index (χ0v) is 10.8. The van der Waals surface area contributed by atoms with Crippen LogP contribution < -0.4 is 5.32 Å². The summed E-state index contributed by atoms with van der Waals surface area (Å²) in [4.78, 5) is 14.0. The van der Waals surface area contributed by atoms with Gasteiger partial charge in [-0.2, -0.15) is 0 Å². The van der Waals surface area contributed by atoms with E-state index in [9.17, 15) is 9.90 Å². The Morgan fingerprint density at radius 1 is 1.44 bits per heavy atom. The summed E-state index contributed by atoms with van der Waals surface area (Å²) in [7, 11) is 2.10. The molecule has 0 unspecified atom stereocenters. The summed E-state index contributed by atoms with van der Waals surface area (Å²) >= 11 is 0. The number of nitrogens with zero attached hydrogens (tertiary/aromatic N) is 1. The lowest BCUT2D eigenvalue weighted by molar-refractivity contribution is -0.127. The molecule has 1 aliphatic rings. The molecule has 1 fully saturated rings. The lowest BCUT2D eigenvalue weighted by atomic mass is 9.89. The van der Waals surface area contributed by atoms with Gasteiger partial charge in [0.1, 0.15) is 0 Å². The van der Waals surface area contributed by atoms with Crippen molar-refractivity contribution in [2.75, 3.05) is 20.1 Å². The van der Waals surface area contributed by atoms with E-state index in [1.54, 1.807) is 13.8 Å². The Morgan fingerprint density at radius 2 is 1.94 bits per heavy atom. The molecule has 1 aliphatic heterocycles. The van der Waals surface area contributed by atoms with Crippen molar-refractivity contribution in [1.29, 1.82) is 0 Å². The lowest BCUT2D eigenvalue weighted by Gasteiger charge is -2.39. The number of nitrogens with one attached hydrogen (secondary N) is 1. The second-order valence-electron chi connectivity index (χ2n) is 5.90. The summed E-state index contributed by atoms with van der Waals surface area (Å²) in [5, 5.41) is 12.6. The highest BCUT2D eigenvalue weighted by molar-refractivity contribution is 5.77. The van der Waals surface area contributed by atoms with Crippen LogP contribution in [0.4, 0.5) is 0 Å². The highest BCUT2D eigenvalue weighted by Gasteiger charge is 2.31. The second kappa shape index (κ2) is 4.72. The van der Waals surface area contributed by atoms with Gasteiger partial charge in [0, 0.05) is 18.6 Å². The maximum Gasteiger partial charge on any atom is 0.223 e. The fourth-order valence-electron chi connectivity index (χ4n) is 2.01. The molecule has 2 N–H and O–H groups in total. The summed E-state index contributed by atoms with van der Waals surface area (Å²) < 4.78 is 0. The van der Waals surface area contributed by atoms with Crippen molar-refractivity contribution in [2.24, 2.45) is 0 Å². The molecule has 16 heavy (non-hydrogen) atoms. The Labute approximate surface area is 98.0 Å². The van der Waals surface area contributed by atoms with Gasteiger partial charge >= 0.3 is 0 Å². The number of carbonyl (C=O) groups is 1. The van der Waals surface area contributed by atoms with E-state index in [-0.39, 0.29) is 17.9 Å². The topological polar surface area (TPSA) is 52.6 Å². The van der Waals surface area contributed by atoms with Gasteiger partial charge in [-0.05, 0) is 40.7 Å². The van der Waals surface area contributed by atoms with Gasteiger partial charge in [-0.25, -0.2) is 0 Å². The molecular formula is C12H24N2O2. The van der Waals surface area contributed by atoms with Crippen LogP contribution in [0.25, 0.3) is 0 Å². The van der Waals surface area contributed by atoms with Gasteiger partial charge in [-0.3, -0.25) is 4.79 Å². The largest absolute Gasteiger partial charge is 0.390 e. The molecular weight excluding hydrogens is 204 g/mol. The third-order valence-electron chi connectivity index (χ3n) is 3.12. The Kier molecular flexibility index (Phi) is 3.97. The van der Waals surface area contributed by atoms with Crippen LogP contribution in [0, 0.1) is 0 Å². The van der Waals surface area contributed by atoms with Gasteiger partial charge in [-0.1, -0.05) is 0 Å². The molecule has 0 aliphatic carbocycles. The van der Waals surface area contributed by atoms with Crippen molar-refractivity contribution in [1.82, 2.24) is 10.2 Å². The number of amides is 1. The monoisotopic (exact) mass is 228 g/mol. The van der Waals surface area contributed by atoms with Crippen molar-refractivity contribution < 1.29 is 9.90 Å². The smallest absolute Gasteiger partial charge is 0.223 e. The molecule has 0 aromatic carbocycles. The normalized spacial score (nSPS) is 21.8. The van der Waals surface area contributed by atoms with E-state index in [2.05, 4.69) is 24.2 Å². The van der Waals surface area contributed by atoms with Crippen molar-refractivity contribution >= 4 is 5.91 Å². The van der Waals surface area contributed by atoms with Crippen LogP contribution in [0.3, 0.4) is 0 Å². The van der Waals surface area contributed by atoms with E-state index >= 15 is 0 Å². The number of aliphatic hydroxyl groups is 1. The molecule has 1 saturated heterocycles. The lowest BCUT2D eigenvalue weighted by Crippen LogP contribution is -2.53. The molecule has 0 saturated carbocycles. The van der Waals surface area contributed by atoms with Crippen LogP contribution >= 0.6 is 0 Å². The van der Waals surface area contributed by atoms with Gasteiger partial charge in [0.25, 0.3) is 0 Å². The van der Waals surface area contributed by atoms with E-state index in [0.717, 1.165) is 25.9 Å². The first-order valence-electron chi connectivity index (χ1n) is 5.92. The van der Waals surface area contributed by atoms with Crippen LogP contribution in [0.15, 0.2) is 0 Å². The minimum Gasteiger partial charge on any atom is -0.390 e. The first kappa shape index (κ1) is 13.5. The van der Waals surface area contributed by atoms with E-state index in [0.29, 0.717) is 0 Å². The minimum absolute atomic E-state index is 0.0560. The highest BCUT2D eigenvalue weighted by Crippen LogP contribution is 2.21. The van der Waals surface area contributed by atoms with Crippen molar-refractivity contribution in [3.63, 3.8) is 0 Å². The third kappa shape index (κ3) is 4.49. The summed E-state index contributed by atoms with van der Waals surface area (Å²) in [5.41, 5.74) is -1.03. The average Bonchev–Trinajstić information content (AvgIpc) is 2.07. The van der Waals surface area contributed by atoms with Crippen molar-refractivity contribution in [2.45, 2.75) is 51.2 Å². The highest BCUT2D eigenvalue weighted by atomic mass is 16.3. The molecule has 0 aromatic rings. The Balaban J connectivity index is 2.44. The van der Waals surface area contributed by atoms with E-state index in [1.165, 1.54) is 0 Å². The van der Waals surface area contributed by atoms with E-state index in [4.69, 9.17) is 0 Å². The second-order valence-corrected chi connectivity index (χ2v) is 5.90. The summed E-state index contributed by atoms with van der Waals surface area (Å²) in [6.07, 6.45) is 2.11. The molecule has 1 heterocycles. The number of piperidine rings is 1. The fraction of sp³-hybridized carbons (Fsp3) is 0.917. The molecule has 1 rings (SSSR count). The minimum atomic E-state index is -0.925. The SMILES string of the molecule is CN1CCC(C)(NC(=O)CC(C)(C)O)CC1. The molecule has 0 spiro atoms. The number of rotatable bonds is 3. The first-order valence-corrected chi connectivity index (χ1v) is 5.92. The van der Waals surface area contributed by atoms with Gasteiger partial charge in [0.15, 0.2) is 0 Å². The Hall–Kier alpha value is -0.610. The molecule has 0 aromatic heterocycles. The maximum absolute atomic E-state index is 11.7. The molecule has 4 heteroatoms. The Morgan fingerprint density at radius 3 is 2.38 bits per heavy atom. The van der Waals surface area contributed by atoms with Crippen LogP contribution in [0.5, 0.6) is 0 Å². The van der Waals surface area contributed by atoms with Crippen molar-refractivity contribution in [3.8, 4) is 0 Å². The van der Waals surface area contributed by atoms with Gasteiger partial charge in [-0.15, -0.1) is 0 Å². The number of likely N-dealkylation sites (tertiary alicyclic amines) is 1. The number of hydrogen-bond donors (Lipinski definition) is 2. The zero-order valence-electron chi connectivity index (χ0n) is 10.8. The first-order chi connectivity index (χ1) is 7.20. The molecule has 0 atom stereocenters. The molecule has 0 bridgehead atoms. The summed E-state index contributed by atoms with van der Waals surface area (Å²) in [5.74, 6) is -0.0560. The van der Waals surface area contributed by atoms with Crippen LogP contribution in [0.1, 0.15) is 40.0 Å². The number of carbonyl (C=O) groups excluding carboxylic acids is 1. The van der Waals surface area contributed by atoms with Crippen LogP contribution in [-0.2, 0) is 4.79 Å².